The van der Waals surface area contributed by atoms with Crippen LogP contribution < -0.4 is 10.1 Å². The highest BCUT2D eigenvalue weighted by molar-refractivity contribution is 7.09. The van der Waals surface area contributed by atoms with Crippen molar-refractivity contribution in [2.75, 3.05) is 6.54 Å². The number of fused-ring (bicyclic) bond motifs is 1. The van der Waals surface area contributed by atoms with Gasteiger partial charge in [-0.25, -0.2) is 4.98 Å². The van der Waals surface area contributed by atoms with E-state index in [-0.39, 0.29) is 5.91 Å². The Morgan fingerprint density at radius 3 is 3.00 bits per heavy atom. The number of aromatic nitrogens is 1. The lowest BCUT2D eigenvalue weighted by Gasteiger charge is -2.19. The molecule has 5 heteroatoms. The third-order valence-corrected chi connectivity index (χ3v) is 5.80. The largest absolute Gasteiger partial charge is 0.486 e. The maximum absolute atomic E-state index is 11.8. The van der Waals surface area contributed by atoms with Crippen molar-refractivity contribution < 1.29 is 9.53 Å². The molecule has 0 bridgehead atoms. The van der Waals surface area contributed by atoms with E-state index < -0.39 is 0 Å². The van der Waals surface area contributed by atoms with Crippen molar-refractivity contribution >= 4 is 17.2 Å². The molecule has 0 unspecified atom stereocenters. The van der Waals surface area contributed by atoms with Crippen molar-refractivity contribution in [2.24, 2.45) is 0 Å². The topological polar surface area (TPSA) is 51.2 Å². The van der Waals surface area contributed by atoms with Gasteiger partial charge in [-0.15, -0.1) is 11.3 Å². The first-order chi connectivity index (χ1) is 11.8. The number of carbonyl (C=O) groups is 1. The summed E-state index contributed by atoms with van der Waals surface area (Å²) in [4.78, 5) is 16.5. The second kappa shape index (κ2) is 6.93. The lowest BCUT2D eigenvalue weighted by atomic mass is 9.87. The number of nitrogens with zero attached hydrogens (tertiary/aromatic N) is 1. The van der Waals surface area contributed by atoms with E-state index in [1.807, 2.05) is 18.2 Å². The fraction of sp³-hybridized carbons (Fsp3) is 0.474. The Labute approximate surface area is 146 Å². The SMILES string of the molecule is O=C1NCCc2cc(OCc3nc(C4CCCCC4)cs3)ccc21. The van der Waals surface area contributed by atoms with E-state index in [0.717, 1.165) is 28.3 Å². The van der Waals surface area contributed by atoms with Gasteiger partial charge < -0.3 is 10.1 Å². The fourth-order valence-electron chi connectivity index (χ4n) is 3.62. The minimum absolute atomic E-state index is 0.0137. The standard InChI is InChI=1S/C19H22N2O2S/c22-19-16-7-6-15(10-14(16)8-9-20-19)23-11-18-21-17(12-24-18)13-4-2-1-3-5-13/h6-7,10,12-13H,1-5,8-9,11H2,(H,20,22). The zero-order chi connectivity index (χ0) is 16.4. The van der Waals surface area contributed by atoms with Gasteiger partial charge in [-0.05, 0) is 43.0 Å². The molecule has 0 atom stereocenters. The van der Waals surface area contributed by atoms with Crippen LogP contribution in [0, 0.1) is 0 Å². The average molecular weight is 342 g/mol. The summed E-state index contributed by atoms with van der Waals surface area (Å²) in [7, 11) is 0. The van der Waals surface area contributed by atoms with Crippen LogP contribution in [0.15, 0.2) is 23.6 Å². The molecule has 4 rings (SSSR count). The molecule has 126 valence electrons. The zero-order valence-electron chi connectivity index (χ0n) is 13.7. The Bertz CT molecular complexity index is 735. The van der Waals surface area contributed by atoms with Crippen LogP contribution in [-0.2, 0) is 13.0 Å². The molecule has 1 saturated carbocycles. The molecule has 24 heavy (non-hydrogen) atoms. The maximum Gasteiger partial charge on any atom is 0.251 e. The first-order valence-electron chi connectivity index (χ1n) is 8.78. The smallest absolute Gasteiger partial charge is 0.251 e. The Balaban J connectivity index is 1.40. The van der Waals surface area contributed by atoms with Crippen molar-refractivity contribution in [3.63, 3.8) is 0 Å². The summed E-state index contributed by atoms with van der Waals surface area (Å²) in [6.07, 6.45) is 7.44. The molecule has 4 nitrogen and oxygen atoms in total. The van der Waals surface area contributed by atoms with Gasteiger partial charge in [0.1, 0.15) is 17.4 Å². The minimum atomic E-state index is 0.0137. The molecule has 1 aromatic heterocycles. The molecule has 2 aromatic rings. The van der Waals surface area contributed by atoms with E-state index in [9.17, 15) is 4.79 Å². The van der Waals surface area contributed by atoms with E-state index >= 15 is 0 Å². The molecular weight excluding hydrogens is 320 g/mol. The van der Waals surface area contributed by atoms with Gasteiger partial charge >= 0.3 is 0 Å². The van der Waals surface area contributed by atoms with Gasteiger partial charge in [-0.2, -0.15) is 0 Å². The van der Waals surface area contributed by atoms with Gasteiger partial charge in [0.25, 0.3) is 5.91 Å². The fourth-order valence-corrected chi connectivity index (χ4v) is 4.40. The van der Waals surface area contributed by atoms with Crippen LogP contribution in [0.3, 0.4) is 0 Å². The highest BCUT2D eigenvalue weighted by atomic mass is 32.1. The van der Waals surface area contributed by atoms with Crippen molar-refractivity contribution in [3.05, 3.63) is 45.4 Å². The van der Waals surface area contributed by atoms with Crippen LogP contribution in [0.2, 0.25) is 0 Å². The molecule has 1 fully saturated rings. The molecule has 0 spiro atoms. The van der Waals surface area contributed by atoms with E-state index in [4.69, 9.17) is 9.72 Å². The van der Waals surface area contributed by atoms with Gasteiger partial charge in [0, 0.05) is 23.4 Å². The highest BCUT2D eigenvalue weighted by Gasteiger charge is 2.19. The highest BCUT2D eigenvalue weighted by Crippen LogP contribution is 2.33. The van der Waals surface area contributed by atoms with Crippen molar-refractivity contribution in [1.82, 2.24) is 10.3 Å². The number of amides is 1. The molecule has 2 aliphatic rings. The average Bonchev–Trinajstić information content (AvgIpc) is 3.10. The summed E-state index contributed by atoms with van der Waals surface area (Å²) in [5, 5.41) is 6.09. The molecule has 1 amide bonds. The molecular formula is C19H22N2O2S. The lowest BCUT2D eigenvalue weighted by molar-refractivity contribution is 0.0946. The quantitative estimate of drug-likeness (QED) is 0.912. The monoisotopic (exact) mass is 342 g/mol. The van der Waals surface area contributed by atoms with E-state index in [2.05, 4.69) is 10.7 Å². The molecule has 1 aromatic carbocycles. The second-order valence-electron chi connectivity index (χ2n) is 6.61. The molecule has 2 heterocycles. The van der Waals surface area contributed by atoms with Crippen molar-refractivity contribution in [3.8, 4) is 5.75 Å². The Morgan fingerprint density at radius 1 is 1.25 bits per heavy atom. The minimum Gasteiger partial charge on any atom is -0.486 e. The number of carbonyl (C=O) groups excluding carboxylic acids is 1. The van der Waals surface area contributed by atoms with Crippen LogP contribution in [-0.4, -0.2) is 17.4 Å². The van der Waals surface area contributed by atoms with Crippen LogP contribution in [0.1, 0.15) is 64.6 Å². The van der Waals surface area contributed by atoms with Gasteiger partial charge in [-0.3, -0.25) is 4.79 Å². The first-order valence-corrected chi connectivity index (χ1v) is 9.66. The van der Waals surface area contributed by atoms with Crippen LogP contribution in [0.25, 0.3) is 0 Å². The van der Waals surface area contributed by atoms with Crippen molar-refractivity contribution in [1.29, 1.82) is 0 Å². The lowest BCUT2D eigenvalue weighted by Crippen LogP contribution is -2.31. The van der Waals surface area contributed by atoms with Gasteiger partial charge in [0.2, 0.25) is 0 Å². The molecule has 1 aliphatic heterocycles. The third-order valence-electron chi connectivity index (χ3n) is 4.96. The summed E-state index contributed by atoms with van der Waals surface area (Å²) in [5.74, 6) is 1.48. The number of hydrogen-bond donors (Lipinski definition) is 1. The predicted molar refractivity (Wildman–Crippen MR) is 94.8 cm³/mol. The number of thiazole rings is 1. The molecule has 0 saturated heterocycles. The number of rotatable bonds is 4. The summed E-state index contributed by atoms with van der Waals surface area (Å²) in [6, 6.07) is 5.72. The summed E-state index contributed by atoms with van der Waals surface area (Å²) in [5.41, 5.74) is 3.08. The Morgan fingerprint density at radius 2 is 2.12 bits per heavy atom. The van der Waals surface area contributed by atoms with Crippen LogP contribution in [0.4, 0.5) is 0 Å². The molecule has 0 radical (unpaired) electrons. The second-order valence-corrected chi connectivity index (χ2v) is 7.56. The predicted octanol–water partition coefficient (Wildman–Crippen LogP) is 4.06. The van der Waals surface area contributed by atoms with E-state index in [1.165, 1.54) is 37.8 Å². The molecule has 1 aliphatic carbocycles. The number of benzene rings is 1. The van der Waals surface area contributed by atoms with E-state index in [1.54, 1.807) is 11.3 Å². The number of ether oxygens (including phenoxy) is 1. The number of nitrogens with one attached hydrogen (secondary N) is 1. The maximum atomic E-state index is 11.8. The normalized spacial score (nSPS) is 18.1. The van der Waals surface area contributed by atoms with Gasteiger partial charge in [0.15, 0.2) is 0 Å². The number of hydrogen-bond acceptors (Lipinski definition) is 4. The summed E-state index contributed by atoms with van der Waals surface area (Å²) < 4.78 is 5.91. The van der Waals surface area contributed by atoms with Crippen LogP contribution in [0.5, 0.6) is 5.75 Å². The Hall–Kier alpha value is -1.88. The summed E-state index contributed by atoms with van der Waals surface area (Å²) >= 11 is 1.69. The van der Waals surface area contributed by atoms with Crippen LogP contribution >= 0.6 is 11.3 Å². The van der Waals surface area contributed by atoms with Gasteiger partial charge in [-0.1, -0.05) is 19.3 Å². The first kappa shape index (κ1) is 15.6. The van der Waals surface area contributed by atoms with E-state index in [0.29, 0.717) is 19.1 Å². The third kappa shape index (κ3) is 3.31. The van der Waals surface area contributed by atoms with Crippen molar-refractivity contribution in [2.45, 2.75) is 51.0 Å². The van der Waals surface area contributed by atoms with Gasteiger partial charge in [0.05, 0.1) is 5.69 Å². The molecule has 1 N–H and O–H groups in total. The summed E-state index contributed by atoms with van der Waals surface area (Å²) in [6.45, 7) is 1.20. The Kier molecular flexibility index (Phi) is 4.52. The zero-order valence-corrected chi connectivity index (χ0v) is 14.5.